The van der Waals surface area contributed by atoms with Crippen molar-refractivity contribution in [2.24, 2.45) is 0 Å². The van der Waals surface area contributed by atoms with Gasteiger partial charge in [0.1, 0.15) is 5.78 Å². The summed E-state index contributed by atoms with van der Waals surface area (Å²) in [4.78, 5) is 25.0. The fourth-order valence-corrected chi connectivity index (χ4v) is 5.65. The lowest BCUT2D eigenvalue weighted by Gasteiger charge is -2.43. The average molecular weight is 477 g/mol. The van der Waals surface area contributed by atoms with Gasteiger partial charge in [0.05, 0.1) is 0 Å². The van der Waals surface area contributed by atoms with Crippen molar-refractivity contribution < 1.29 is 14.0 Å². The second kappa shape index (κ2) is 6.34. The van der Waals surface area contributed by atoms with Crippen LogP contribution >= 0.6 is 31.9 Å². The second-order valence-corrected chi connectivity index (χ2v) is 14.3. The Labute approximate surface area is 161 Å². The van der Waals surface area contributed by atoms with E-state index >= 15 is 0 Å². The number of anilines is 1. The maximum absolute atomic E-state index is 13.0. The minimum absolute atomic E-state index is 0.0264. The van der Waals surface area contributed by atoms with Crippen LogP contribution in [0.2, 0.25) is 18.1 Å². The lowest BCUT2D eigenvalue weighted by molar-refractivity contribution is -0.137. The van der Waals surface area contributed by atoms with Gasteiger partial charge in [-0.3, -0.25) is 9.59 Å². The van der Waals surface area contributed by atoms with Gasteiger partial charge in [0, 0.05) is 26.6 Å². The fourth-order valence-electron chi connectivity index (χ4n) is 2.66. The van der Waals surface area contributed by atoms with E-state index in [9.17, 15) is 9.59 Å². The van der Waals surface area contributed by atoms with Gasteiger partial charge in [0.25, 0.3) is 5.91 Å². The Bertz CT molecular complexity index is 713. The molecule has 1 N–H and O–H groups in total. The van der Waals surface area contributed by atoms with Gasteiger partial charge in [0.2, 0.25) is 0 Å². The molecule has 1 unspecified atom stereocenters. The molecule has 0 spiro atoms. The molecule has 0 fully saturated rings. The number of hydrogen-bond donors (Lipinski definition) is 1. The molecule has 1 aromatic rings. The Morgan fingerprint density at radius 1 is 1.29 bits per heavy atom. The van der Waals surface area contributed by atoms with Crippen LogP contribution in [0.1, 0.15) is 39.7 Å². The van der Waals surface area contributed by atoms with E-state index in [2.05, 4.69) is 71.0 Å². The van der Waals surface area contributed by atoms with Crippen molar-refractivity contribution >= 4 is 57.6 Å². The van der Waals surface area contributed by atoms with Crippen LogP contribution in [0.25, 0.3) is 0 Å². The van der Waals surface area contributed by atoms with Gasteiger partial charge in [-0.25, -0.2) is 0 Å². The van der Waals surface area contributed by atoms with Crippen LogP contribution < -0.4 is 5.32 Å². The minimum Gasteiger partial charge on any atom is -0.399 e. The molecule has 0 bridgehead atoms. The minimum atomic E-state index is -2.30. The summed E-state index contributed by atoms with van der Waals surface area (Å²) in [6, 6.07) is 3.72. The normalized spacial score (nSPS) is 20.8. The summed E-state index contributed by atoms with van der Waals surface area (Å²) in [5.41, 5.74) is 0.126. The predicted molar refractivity (Wildman–Crippen MR) is 106 cm³/mol. The van der Waals surface area contributed by atoms with E-state index in [-0.39, 0.29) is 23.1 Å². The van der Waals surface area contributed by atoms with E-state index in [4.69, 9.17) is 4.43 Å². The van der Waals surface area contributed by atoms with Crippen LogP contribution in [0.15, 0.2) is 21.1 Å². The Hall–Kier alpha value is -0.503. The first-order valence-corrected chi connectivity index (χ1v) is 12.3. The van der Waals surface area contributed by atoms with E-state index in [0.29, 0.717) is 5.69 Å². The number of Topliss-reactive ketones (excluding diaryl/α,β-unsaturated/α-hetero) is 1. The lowest BCUT2D eigenvalue weighted by Crippen LogP contribution is -2.52. The highest BCUT2D eigenvalue weighted by molar-refractivity contribution is 9.11. The number of hydrogen-bond acceptors (Lipinski definition) is 3. The zero-order valence-corrected chi connectivity index (χ0v) is 19.0. The molecule has 2 rings (SSSR count). The zero-order valence-electron chi connectivity index (χ0n) is 14.8. The van der Waals surface area contributed by atoms with Crippen LogP contribution in [0.3, 0.4) is 0 Å². The first-order valence-electron chi connectivity index (χ1n) is 7.81. The third kappa shape index (κ3) is 3.41. The number of amides is 1. The number of benzene rings is 1. The summed E-state index contributed by atoms with van der Waals surface area (Å²) in [7, 11) is -2.30. The Morgan fingerprint density at radius 3 is 2.38 bits per heavy atom. The summed E-state index contributed by atoms with van der Waals surface area (Å²) in [6.45, 7) is 12.0. The highest BCUT2D eigenvalue weighted by atomic mass is 79.9. The summed E-state index contributed by atoms with van der Waals surface area (Å²) in [5, 5.41) is 2.81. The molecule has 0 saturated carbocycles. The van der Waals surface area contributed by atoms with Crippen molar-refractivity contribution in [3.05, 3.63) is 26.6 Å². The molecule has 0 radical (unpaired) electrons. The third-order valence-electron chi connectivity index (χ3n) is 4.81. The van der Waals surface area contributed by atoms with E-state index in [1.807, 2.05) is 12.1 Å². The third-order valence-corrected chi connectivity index (χ3v) is 10.4. The number of rotatable bonds is 4. The molecule has 0 aliphatic carbocycles. The van der Waals surface area contributed by atoms with Gasteiger partial charge in [-0.05, 0) is 37.2 Å². The molecule has 24 heavy (non-hydrogen) atoms. The van der Waals surface area contributed by atoms with Crippen molar-refractivity contribution in [3.8, 4) is 0 Å². The van der Waals surface area contributed by atoms with Crippen LogP contribution in [0.5, 0.6) is 0 Å². The average Bonchev–Trinajstić information content (AvgIpc) is 2.58. The van der Waals surface area contributed by atoms with Crippen molar-refractivity contribution in [1.82, 2.24) is 0 Å². The van der Waals surface area contributed by atoms with Crippen molar-refractivity contribution in [1.29, 1.82) is 0 Å². The molecule has 4 nitrogen and oxygen atoms in total. The number of fused-ring (bicyclic) bond motifs is 1. The smallest absolute Gasteiger partial charge is 0.260 e. The molecule has 0 aromatic heterocycles. The lowest BCUT2D eigenvalue weighted by atomic mass is 9.90. The van der Waals surface area contributed by atoms with Gasteiger partial charge in [-0.1, -0.05) is 52.6 Å². The fraction of sp³-hybridized carbons (Fsp3) is 0.529. The Kier molecular flexibility index (Phi) is 5.23. The summed E-state index contributed by atoms with van der Waals surface area (Å²) in [5.74, 6) is -0.345. The van der Waals surface area contributed by atoms with E-state index in [0.717, 1.165) is 14.5 Å². The van der Waals surface area contributed by atoms with Gasteiger partial charge < -0.3 is 9.74 Å². The summed E-state index contributed by atoms with van der Waals surface area (Å²) in [6.07, 6.45) is 0.0264. The van der Waals surface area contributed by atoms with Gasteiger partial charge in [-0.15, -0.1) is 0 Å². The highest BCUT2D eigenvalue weighted by Gasteiger charge is 2.55. The molecule has 1 heterocycles. The maximum atomic E-state index is 13.0. The largest absolute Gasteiger partial charge is 0.399 e. The van der Waals surface area contributed by atoms with Gasteiger partial charge in [0.15, 0.2) is 13.9 Å². The molecular weight excluding hydrogens is 454 g/mol. The first kappa shape index (κ1) is 19.8. The number of halogens is 2. The summed E-state index contributed by atoms with van der Waals surface area (Å²) < 4.78 is 8.18. The number of carbonyl (C=O) groups excluding carboxylic acids is 2. The van der Waals surface area contributed by atoms with E-state index in [1.54, 1.807) is 0 Å². The van der Waals surface area contributed by atoms with Crippen molar-refractivity contribution in [2.75, 3.05) is 5.32 Å². The SMILES string of the molecule is CC(=O)CC1(O[Si](C)(C)C(C)(C)C)C(=O)Nc2cc(Br)cc(Br)c21. The Morgan fingerprint density at radius 2 is 1.88 bits per heavy atom. The van der Waals surface area contributed by atoms with Gasteiger partial charge in [-0.2, -0.15) is 0 Å². The molecular formula is C17H23Br2NO3Si. The Balaban J connectivity index is 2.67. The number of carbonyl (C=O) groups is 2. The number of nitrogens with one attached hydrogen (secondary N) is 1. The van der Waals surface area contributed by atoms with Crippen LogP contribution in [0.4, 0.5) is 5.69 Å². The molecule has 0 saturated heterocycles. The van der Waals surface area contributed by atoms with E-state index in [1.165, 1.54) is 6.92 Å². The molecule has 1 atom stereocenters. The van der Waals surface area contributed by atoms with Crippen LogP contribution in [-0.4, -0.2) is 20.0 Å². The summed E-state index contributed by atoms with van der Waals surface area (Å²) >= 11 is 6.99. The number of ketones is 1. The monoisotopic (exact) mass is 475 g/mol. The van der Waals surface area contributed by atoms with Crippen molar-refractivity contribution in [3.63, 3.8) is 0 Å². The molecule has 1 aromatic carbocycles. The molecule has 132 valence electrons. The molecule has 1 aliphatic heterocycles. The second-order valence-electron chi connectivity index (χ2n) is 7.83. The van der Waals surface area contributed by atoms with Gasteiger partial charge >= 0.3 is 0 Å². The van der Waals surface area contributed by atoms with Crippen LogP contribution in [-0.2, 0) is 19.6 Å². The molecule has 1 aliphatic rings. The highest BCUT2D eigenvalue weighted by Crippen LogP contribution is 2.51. The predicted octanol–water partition coefficient (Wildman–Crippen LogP) is 5.36. The first-order chi connectivity index (χ1) is 10.8. The topological polar surface area (TPSA) is 55.4 Å². The zero-order chi connectivity index (χ0) is 18.5. The van der Waals surface area contributed by atoms with Crippen molar-refractivity contribution in [2.45, 2.75) is 57.8 Å². The maximum Gasteiger partial charge on any atom is 0.260 e. The molecule has 7 heteroatoms. The standard InChI is InChI=1S/C17H23Br2NO3Si/c1-10(21)9-17(23-24(5,6)16(2,3)4)14-12(19)7-11(18)8-13(14)20-15(17)22/h7-8H,9H2,1-6H3,(H,20,22). The van der Waals surface area contributed by atoms with E-state index < -0.39 is 13.9 Å². The quantitative estimate of drug-likeness (QED) is 0.595. The molecule has 1 amide bonds. The van der Waals surface area contributed by atoms with Crippen LogP contribution in [0, 0.1) is 0 Å².